The van der Waals surface area contributed by atoms with E-state index in [1.54, 1.807) is 0 Å². The zero-order valence-corrected chi connectivity index (χ0v) is 4.39. The summed E-state index contributed by atoms with van der Waals surface area (Å²) < 4.78 is 4.95. The lowest BCUT2D eigenvalue weighted by molar-refractivity contribution is -0.143. The number of hydrogen-bond acceptors (Lipinski definition) is 2. The molecule has 3 fully saturated rings. The maximum atomic E-state index is 10.6. The van der Waals surface area contributed by atoms with Gasteiger partial charge in [-0.15, -0.1) is 0 Å². The number of hydrogen-bond donors (Lipinski definition) is 0. The molecule has 3 atom stereocenters. The topological polar surface area (TPSA) is 26.3 Å². The van der Waals surface area contributed by atoms with Crippen LogP contribution in [0.3, 0.4) is 0 Å². The van der Waals surface area contributed by atoms with Crippen molar-refractivity contribution in [1.82, 2.24) is 0 Å². The lowest BCUT2D eigenvalue weighted by atomic mass is 10.3. The molecule has 2 saturated carbocycles. The van der Waals surface area contributed by atoms with Crippen LogP contribution < -0.4 is 0 Å². The summed E-state index contributed by atoms with van der Waals surface area (Å²) in [4.78, 5) is 10.6. The molecule has 1 aliphatic heterocycles. The van der Waals surface area contributed by atoms with Crippen LogP contribution in [0.2, 0.25) is 0 Å². The molecule has 1 spiro atoms. The van der Waals surface area contributed by atoms with Crippen molar-refractivity contribution in [3.8, 4) is 0 Å². The van der Waals surface area contributed by atoms with Gasteiger partial charge < -0.3 is 4.74 Å². The monoisotopic (exact) mass is 110 g/mol. The predicted octanol–water partition coefficient (Wildman–Crippen LogP) is 0.322. The summed E-state index contributed by atoms with van der Waals surface area (Å²) in [5, 5.41) is 0. The Morgan fingerprint density at radius 2 is 2.50 bits per heavy atom. The molecule has 2 aliphatic carbocycles. The van der Waals surface area contributed by atoms with Crippen molar-refractivity contribution in [1.29, 1.82) is 0 Å². The van der Waals surface area contributed by atoms with Gasteiger partial charge in [0.05, 0.1) is 5.92 Å². The molecule has 0 aromatic rings. The normalized spacial score (nSPS) is 63.8. The molecular formula is C6H6O2. The third kappa shape index (κ3) is 0.168. The van der Waals surface area contributed by atoms with E-state index < -0.39 is 0 Å². The molecule has 2 nitrogen and oxygen atoms in total. The van der Waals surface area contributed by atoms with Crippen LogP contribution in [0, 0.1) is 11.3 Å². The van der Waals surface area contributed by atoms with Crippen LogP contribution in [0.5, 0.6) is 0 Å². The lowest BCUT2D eigenvalue weighted by Gasteiger charge is -1.92. The highest BCUT2D eigenvalue weighted by Crippen LogP contribution is 2.76. The molecule has 42 valence electrons. The first-order chi connectivity index (χ1) is 3.83. The van der Waals surface area contributed by atoms with E-state index in [-0.39, 0.29) is 5.97 Å². The molecule has 2 heteroatoms. The maximum Gasteiger partial charge on any atom is 0.309 e. The molecule has 0 aromatic heterocycles. The Morgan fingerprint density at radius 3 is 2.75 bits per heavy atom. The Bertz CT molecular complexity index is 187. The molecular weight excluding hydrogens is 104 g/mol. The van der Waals surface area contributed by atoms with E-state index in [0.29, 0.717) is 17.4 Å². The van der Waals surface area contributed by atoms with Crippen LogP contribution in [0.1, 0.15) is 12.8 Å². The van der Waals surface area contributed by atoms with E-state index in [1.165, 1.54) is 6.42 Å². The van der Waals surface area contributed by atoms with Crippen molar-refractivity contribution in [2.75, 3.05) is 0 Å². The van der Waals surface area contributed by atoms with Gasteiger partial charge in [0.1, 0.15) is 6.10 Å². The minimum absolute atomic E-state index is 0.0706. The number of rotatable bonds is 0. The van der Waals surface area contributed by atoms with E-state index in [4.69, 9.17) is 4.74 Å². The van der Waals surface area contributed by atoms with Gasteiger partial charge in [-0.1, -0.05) is 0 Å². The Hall–Kier alpha value is -0.530. The van der Waals surface area contributed by atoms with Crippen LogP contribution in [-0.2, 0) is 9.53 Å². The second kappa shape index (κ2) is 0.634. The predicted molar refractivity (Wildman–Crippen MR) is 25.0 cm³/mol. The highest BCUT2D eigenvalue weighted by molar-refractivity contribution is 5.82. The average molecular weight is 110 g/mol. The summed E-state index contributed by atoms with van der Waals surface area (Å²) in [7, 11) is 0. The molecule has 1 saturated heterocycles. The van der Waals surface area contributed by atoms with Gasteiger partial charge in [-0.05, 0) is 12.8 Å². The Morgan fingerprint density at radius 1 is 1.62 bits per heavy atom. The van der Waals surface area contributed by atoms with Gasteiger partial charge in [-0.3, -0.25) is 4.79 Å². The van der Waals surface area contributed by atoms with Crippen molar-refractivity contribution in [3.05, 3.63) is 0 Å². The summed E-state index contributed by atoms with van der Waals surface area (Å²) in [6, 6.07) is 0. The minimum Gasteiger partial charge on any atom is -0.461 e. The largest absolute Gasteiger partial charge is 0.461 e. The fourth-order valence-corrected chi connectivity index (χ4v) is 1.89. The van der Waals surface area contributed by atoms with Crippen LogP contribution in [-0.4, -0.2) is 12.1 Å². The van der Waals surface area contributed by atoms with E-state index >= 15 is 0 Å². The van der Waals surface area contributed by atoms with Crippen molar-refractivity contribution in [2.24, 2.45) is 11.3 Å². The first-order valence-electron chi connectivity index (χ1n) is 3.03. The summed E-state index contributed by atoms with van der Waals surface area (Å²) >= 11 is 0. The molecule has 3 unspecified atom stereocenters. The van der Waals surface area contributed by atoms with Crippen LogP contribution in [0.25, 0.3) is 0 Å². The molecule has 0 N–H and O–H groups in total. The molecule has 0 aromatic carbocycles. The Labute approximate surface area is 46.8 Å². The average Bonchev–Trinajstić information content (AvgIpc) is 2.51. The van der Waals surface area contributed by atoms with Gasteiger partial charge >= 0.3 is 5.97 Å². The highest BCUT2D eigenvalue weighted by atomic mass is 16.6. The highest BCUT2D eigenvalue weighted by Gasteiger charge is 2.80. The summed E-state index contributed by atoms with van der Waals surface area (Å²) in [6.45, 7) is 0. The van der Waals surface area contributed by atoms with Crippen molar-refractivity contribution in [3.63, 3.8) is 0 Å². The molecule has 0 bridgehead atoms. The third-order valence-corrected chi connectivity index (χ3v) is 2.71. The number of carbonyl (C=O) groups excluding carboxylic acids is 1. The number of ether oxygens (including phenoxy) is 1. The van der Waals surface area contributed by atoms with Crippen LogP contribution in [0.4, 0.5) is 0 Å². The standard InChI is InChI=1S/C6H6O2/c7-5-3-1-6(3)2-4(6)8-5/h3-4H,1-2H2. The van der Waals surface area contributed by atoms with Gasteiger partial charge in [-0.25, -0.2) is 0 Å². The van der Waals surface area contributed by atoms with E-state index in [2.05, 4.69) is 0 Å². The van der Waals surface area contributed by atoms with Crippen LogP contribution >= 0.6 is 0 Å². The smallest absolute Gasteiger partial charge is 0.309 e. The lowest BCUT2D eigenvalue weighted by Crippen LogP contribution is -2.02. The maximum absolute atomic E-state index is 10.6. The van der Waals surface area contributed by atoms with E-state index in [9.17, 15) is 4.79 Å². The van der Waals surface area contributed by atoms with E-state index in [1.807, 2.05) is 0 Å². The second-order valence-corrected chi connectivity index (χ2v) is 3.12. The fraction of sp³-hybridized carbons (Fsp3) is 0.833. The quantitative estimate of drug-likeness (QED) is 0.420. The van der Waals surface area contributed by atoms with Gasteiger partial charge in [0, 0.05) is 5.41 Å². The van der Waals surface area contributed by atoms with Gasteiger partial charge in [-0.2, -0.15) is 0 Å². The van der Waals surface area contributed by atoms with Gasteiger partial charge in [0.2, 0.25) is 0 Å². The molecule has 3 rings (SSSR count). The zero-order valence-electron chi connectivity index (χ0n) is 4.39. The van der Waals surface area contributed by atoms with Crippen molar-refractivity contribution >= 4 is 5.97 Å². The molecule has 0 amide bonds. The van der Waals surface area contributed by atoms with Gasteiger partial charge in [0.25, 0.3) is 0 Å². The molecule has 1 heterocycles. The first-order valence-corrected chi connectivity index (χ1v) is 3.03. The third-order valence-electron chi connectivity index (χ3n) is 2.71. The second-order valence-electron chi connectivity index (χ2n) is 3.12. The van der Waals surface area contributed by atoms with Crippen molar-refractivity contribution < 1.29 is 9.53 Å². The molecule has 0 radical (unpaired) electrons. The number of carbonyl (C=O) groups is 1. The van der Waals surface area contributed by atoms with Crippen molar-refractivity contribution in [2.45, 2.75) is 18.9 Å². The van der Waals surface area contributed by atoms with E-state index in [0.717, 1.165) is 6.42 Å². The minimum atomic E-state index is 0.0706. The molecule has 3 aliphatic rings. The SMILES string of the molecule is O=C1OC2CC23CC13. The summed E-state index contributed by atoms with van der Waals surface area (Å²) in [5.74, 6) is 0.411. The summed E-state index contributed by atoms with van der Waals surface area (Å²) in [5.41, 5.74) is 0.428. The Kier molecular flexibility index (Phi) is 0.276. The van der Waals surface area contributed by atoms with Gasteiger partial charge in [0.15, 0.2) is 0 Å². The zero-order chi connectivity index (χ0) is 5.35. The molecule has 8 heavy (non-hydrogen) atoms. The summed E-state index contributed by atoms with van der Waals surface area (Å²) in [6.07, 6.45) is 2.67. The number of esters is 1. The Balaban J connectivity index is 2.12. The fourth-order valence-electron chi connectivity index (χ4n) is 1.89. The first kappa shape index (κ1) is 3.49. The van der Waals surface area contributed by atoms with Crippen LogP contribution in [0.15, 0.2) is 0 Å².